The molecule has 0 heterocycles. The maximum absolute atomic E-state index is 9.49. The molecule has 0 radical (unpaired) electrons. The van der Waals surface area contributed by atoms with E-state index >= 15 is 0 Å². The van der Waals surface area contributed by atoms with Gasteiger partial charge in [0.1, 0.15) is 0 Å². The number of unbranched alkanes of at least 4 members (excludes halogenated alkanes) is 7. The first kappa shape index (κ1) is 17.6. The van der Waals surface area contributed by atoms with E-state index in [1.807, 2.05) is 0 Å². The van der Waals surface area contributed by atoms with Crippen molar-refractivity contribution >= 4 is 28.9 Å². The third-order valence-electron chi connectivity index (χ3n) is 2.35. The normalized spacial score (nSPS) is 14.9. The molecule has 0 aromatic carbocycles. The molecule has 0 aromatic heterocycles. The fourth-order valence-corrected chi connectivity index (χ4v) is 4.88. The number of rotatable bonds is 11. The molecule has 0 aliphatic carbocycles. The summed E-state index contributed by atoms with van der Waals surface area (Å²) in [5, 5.41) is 0. The van der Waals surface area contributed by atoms with Crippen LogP contribution in [0.3, 0.4) is 0 Å². The monoisotopic (exact) mass is 367 g/mol. The Hall–Kier alpha value is 1.61. The van der Waals surface area contributed by atoms with Crippen molar-refractivity contribution in [1.29, 1.82) is 0 Å². The van der Waals surface area contributed by atoms with Gasteiger partial charge in [0.15, 0.2) is 0 Å². The standard InChI is InChI=1S/C10H23O2PS2.Mo/c1-2-3-4-5-6-7-8-9-10-15-13(11,12)14;/h2-10H2,1H3,(H2,11,12,14);/q;+1/p-1. The molecular weight excluding hydrogens is 343 g/mol. The average Bonchev–Trinajstić information content (AvgIpc) is 2.27. The Bertz CT molecular complexity index is 205. The molecule has 6 heteroatoms. The topological polar surface area (TPSA) is 29.5 Å². The second kappa shape index (κ2) is 11.7. The third kappa shape index (κ3) is 12.1. The van der Waals surface area contributed by atoms with Crippen molar-refractivity contribution in [2.45, 2.75) is 58.3 Å². The van der Waals surface area contributed by atoms with Crippen molar-refractivity contribution in [2.24, 2.45) is 0 Å². The van der Waals surface area contributed by atoms with Crippen molar-refractivity contribution in [3.63, 3.8) is 0 Å². The van der Waals surface area contributed by atoms with E-state index in [1.54, 1.807) is 0 Å². The van der Waals surface area contributed by atoms with Crippen LogP contribution in [0.2, 0.25) is 0 Å². The van der Waals surface area contributed by atoms with Gasteiger partial charge in [-0.2, -0.15) is 0 Å². The van der Waals surface area contributed by atoms with Crippen molar-refractivity contribution in [3.05, 3.63) is 0 Å². The van der Waals surface area contributed by atoms with Gasteiger partial charge >= 0.3 is 114 Å². The van der Waals surface area contributed by atoms with Crippen molar-refractivity contribution in [3.8, 4) is 0 Å². The summed E-state index contributed by atoms with van der Waals surface area (Å²) in [6.45, 7) is 2.24. The molecule has 0 saturated heterocycles. The summed E-state index contributed by atoms with van der Waals surface area (Å²) in [7, 11) is 0. The Morgan fingerprint density at radius 1 is 1.12 bits per heavy atom. The van der Waals surface area contributed by atoms with E-state index < -0.39 is 5.69 Å². The van der Waals surface area contributed by atoms with Gasteiger partial charge in [0.05, 0.1) is 0 Å². The molecule has 0 bridgehead atoms. The molecule has 2 nitrogen and oxygen atoms in total. The predicted octanol–water partition coefficient (Wildman–Crippen LogP) is 4.56. The van der Waals surface area contributed by atoms with Crippen LogP contribution in [0.15, 0.2) is 0 Å². The van der Waals surface area contributed by atoms with Crippen molar-refractivity contribution in [2.75, 3.05) is 5.75 Å². The van der Waals surface area contributed by atoms with Crippen LogP contribution in [0.5, 0.6) is 0 Å². The zero-order chi connectivity index (χ0) is 12.3. The van der Waals surface area contributed by atoms with Crippen LogP contribution in [0.1, 0.15) is 58.3 Å². The molecule has 0 rings (SSSR count). The molecule has 0 saturated carbocycles. The average molecular weight is 365 g/mol. The number of hydrogen-bond acceptors (Lipinski definition) is 3. The molecule has 0 amide bonds. The summed E-state index contributed by atoms with van der Waals surface area (Å²) in [4.78, 5) is 9.49. The van der Waals surface area contributed by atoms with Gasteiger partial charge in [-0.15, -0.1) is 0 Å². The van der Waals surface area contributed by atoms with E-state index in [2.05, 4.69) is 6.92 Å². The van der Waals surface area contributed by atoms with Crippen LogP contribution in [0.25, 0.3) is 0 Å². The minimum absolute atomic E-state index is 0.929. The van der Waals surface area contributed by atoms with Gasteiger partial charge in [0, 0.05) is 0 Å². The number of hydrogen-bond donors (Lipinski definition) is 1. The van der Waals surface area contributed by atoms with Gasteiger partial charge in [-0.05, 0) is 0 Å². The first-order chi connectivity index (χ1) is 7.62. The van der Waals surface area contributed by atoms with E-state index in [0.29, 0.717) is 0 Å². The second-order valence-electron chi connectivity index (χ2n) is 3.85. The maximum atomic E-state index is 9.49. The van der Waals surface area contributed by atoms with E-state index in [1.165, 1.54) is 76.5 Å². The molecule has 0 aromatic rings. The molecule has 1 atom stereocenters. The van der Waals surface area contributed by atoms with Gasteiger partial charge in [-0.3, -0.25) is 0 Å². The fourth-order valence-electron chi connectivity index (χ4n) is 1.44. The summed E-state index contributed by atoms with van der Waals surface area (Å²) in [6.07, 6.45) is 10.5. The zero-order valence-electron chi connectivity index (χ0n) is 9.89. The van der Waals surface area contributed by atoms with Crippen LogP contribution in [-0.4, -0.2) is 10.6 Å². The van der Waals surface area contributed by atoms with Gasteiger partial charge < -0.3 is 0 Å². The fraction of sp³-hybridized carbons (Fsp3) is 1.00. The van der Waals surface area contributed by atoms with E-state index in [4.69, 9.17) is 15.0 Å². The molecule has 0 spiro atoms. The first-order valence-electron chi connectivity index (χ1n) is 5.91. The summed E-state index contributed by atoms with van der Waals surface area (Å²) >= 11 is 7.74. The molecule has 0 aliphatic rings. The Balaban J connectivity index is 3.13. The predicted molar refractivity (Wildman–Crippen MR) is 72.7 cm³/mol. The molecule has 0 aliphatic heterocycles. The van der Waals surface area contributed by atoms with Crippen LogP contribution in [-0.2, 0) is 35.2 Å². The molecular formula is C10H22MoO2PS2. The minimum atomic E-state index is -2.49. The van der Waals surface area contributed by atoms with Crippen LogP contribution >= 0.6 is 17.1 Å². The summed E-state index contributed by atoms with van der Waals surface area (Å²) in [5.41, 5.74) is -2.49. The molecule has 0 fully saturated rings. The molecule has 1 N–H and O–H groups in total. The quantitative estimate of drug-likeness (QED) is 0.330. The second-order valence-corrected chi connectivity index (χ2v) is 11.1. The van der Waals surface area contributed by atoms with E-state index in [0.717, 1.165) is 12.2 Å². The van der Waals surface area contributed by atoms with Crippen molar-refractivity contribution in [1.82, 2.24) is 0 Å². The zero-order valence-corrected chi connectivity index (χ0v) is 14.4. The van der Waals surface area contributed by atoms with Crippen LogP contribution in [0.4, 0.5) is 0 Å². The van der Waals surface area contributed by atoms with E-state index in [9.17, 15) is 4.89 Å². The van der Waals surface area contributed by atoms with Gasteiger partial charge in [0.2, 0.25) is 0 Å². The molecule has 97 valence electrons. The summed E-state index contributed by atoms with van der Waals surface area (Å²) < 4.78 is 4.86. The Kier molecular flexibility index (Phi) is 12.9. The summed E-state index contributed by atoms with van der Waals surface area (Å²) in [6, 6.07) is 0. The van der Waals surface area contributed by atoms with Crippen LogP contribution < -0.4 is 0 Å². The van der Waals surface area contributed by atoms with E-state index in [-0.39, 0.29) is 0 Å². The van der Waals surface area contributed by atoms with Crippen LogP contribution in [0, 0.1) is 0 Å². The SMILES string of the molecule is CCCCCCCCCCSP(O)(=S)[O][Mo]. The molecule has 16 heavy (non-hydrogen) atoms. The van der Waals surface area contributed by atoms with Crippen molar-refractivity contribution < 1.29 is 28.3 Å². The molecule has 1 unspecified atom stereocenters. The Morgan fingerprint density at radius 2 is 1.62 bits per heavy atom. The Labute approximate surface area is 121 Å². The third-order valence-corrected chi connectivity index (χ3v) is 9.36. The van der Waals surface area contributed by atoms with Gasteiger partial charge in [0.25, 0.3) is 0 Å². The van der Waals surface area contributed by atoms with Gasteiger partial charge in [-0.1, -0.05) is 6.92 Å². The Morgan fingerprint density at radius 3 is 2.12 bits per heavy atom. The van der Waals surface area contributed by atoms with Gasteiger partial charge in [-0.25, -0.2) is 0 Å². The summed E-state index contributed by atoms with van der Waals surface area (Å²) in [5.74, 6) is 0.929. The first-order valence-corrected chi connectivity index (χ1v) is 11.0.